The molecule has 2 aromatic rings. The van der Waals surface area contributed by atoms with Crippen LogP contribution >= 0.6 is 11.9 Å². The van der Waals surface area contributed by atoms with Crippen LogP contribution in [0.15, 0.2) is 35.3 Å². The largest absolute Gasteiger partial charge is 0.483 e. The predicted octanol–water partition coefficient (Wildman–Crippen LogP) is 3.31. The molecule has 1 aliphatic heterocycles. The summed E-state index contributed by atoms with van der Waals surface area (Å²) in [6.07, 6.45) is 6.18. The van der Waals surface area contributed by atoms with Crippen LogP contribution in [-0.2, 0) is 0 Å². The Bertz CT molecular complexity index is 918. The molecule has 2 heterocycles. The molecule has 0 bridgehead atoms. The van der Waals surface area contributed by atoms with Crippen molar-refractivity contribution in [3.8, 4) is 11.4 Å². The average molecular weight is 430 g/mol. The maximum Gasteiger partial charge on any atom is 0.316 e. The van der Waals surface area contributed by atoms with E-state index in [1.165, 1.54) is 4.68 Å². The SMILES string of the molecule is CC(C)SN1CCN(c2cnn(-c3cccc(N)c3)c(=O)c2OC2CCCC2)CC1. The van der Waals surface area contributed by atoms with Crippen LogP contribution in [0, 0.1) is 0 Å². The Hall–Kier alpha value is -2.19. The molecule has 0 atom stereocenters. The van der Waals surface area contributed by atoms with Crippen molar-refractivity contribution < 1.29 is 4.74 Å². The second-order valence-corrected chi connectivity index (χ2v) is 9.94. The van der Waals surface area contributed by atoms with Gasteiger partial charge in [0.2, 0.25) is 5.75 Å². The van der Waals surface area contributed by atoms with E-state index in [-0.39, 0.29) is 11.7 Å². The normalized spacial score (nSPS) is 18.3. The third kappa shape index (κ3) is 4.75. The number of benzene rings is 1. The first-order valence-corrected chi connectivity index (χ1v) is 11.7. The highest BCUT2D eigenvalue weighted by Crippen LogP contribution is 2.31. The number of nitrogen functional groups attached to an aromatic ring is 1. The van der Waals surface area contributed by atoms with Gasteiger partial charge in [0.25, 0.3) is 0 Å². The zero-order valence-corrected chi connectivity index (χ0v) is 18.6. The number of aromatic nitrogens is 2. The number of nitrogens with zero attached hydrogens (tertiary/aromatic N) is 4. The van der Waals surface area contributed by atoms with E-state index in [1.807, 2.05) is 24.1 Å². The van der Waals surface area contributed by atoms with Crippen molar-refractivity contribution in [2.75, 3.05) is 36.8 Å². The lowest BCUT2D eigenvalue weighted by molar-refractivity contribution is 0.205. The number of ether oxygens (including phenoxy) is 1. The van der Waals surface area contributed by atoms with Gasteiger partial charge in [-0.05, 0) is 43.9 Å². The van der Waals surface area contributed by atoms with Gasteiger partial charge >= 0.3 is 5.56 Å². The number of piperazine rings is 1. The number of hydrogen-bond donors (Lipinski definition) is 1. The maximum atomic E-state index is 13.4. The molecular weight excluding hydrogens is 398 g/mol. The Kier molecular flexibility index (Phi) is 6.53. The summed E-state index contributed by atoms with van der Waals surface area (Å²) in [7, 11) is 0. The number of hydrogen-bond acceptors (Lipinski definition) is 7. The summed E-state index contributed by atoms with van der Waals surface area (Å²) in [5, 5.41) is 5.05. The van der Waals surface area contributed by atoms with Gasteiger partial charge < -0.3 is 15.4 Å². The average Bonchev–Trinajstić information content (AvgIpc) is 3.23. The monoisotopic (exact) mass is 429 g/mol. The first kappa shape index (κ1) is 21.1. The molecule has 162 valence electrons. The van der Waals surface area contributed by atoms with E-state index in [9.17, 15) is 4.79 Å². The molecule has 0 unspecified atom stereocenters. The maximum absolute atomic E-state index is 13.4. The lowest BCUT2D eigenvalue weighted by atomic mass is 10.2. The van der Waals surface area contributed by atoms with E-state index in [2.05, 4.69) is 28.2 Å². The molecule has 2 fully saturated rings. The van der Waals surface area contributed by atoms with E-state index >= 15 is 0 Å². The van der Waals surface area contributed by atoms with Gasteiger partial charge in [0.15, 0.2) is 0 Å². The predicted molar refractivity (Wildman–Crippen MR) is 124 cm³/mol. The molecule has 0 radical (unpaired) electrons. The van der Waals surface area contributed by atoms with Crippen LogP contribution in [0.2, 0.25) is 0 Å². The van der Waals surface area contributed by atoms with Crippen molar-refractivity contribution in [2.45, 2.75) is 50.9 Å². The highest BCUT2D eigenvalue weighted by Gasteiger charge is 2.27. The van der Waals surface area contributed by atoms with Crippen LogP contribution in [0.4, 0.5) is 11.4 Å². The topological polar surface area (TPSA) is 76.6 Å². The van der Waals surface area contributed by atoms with Crippen LogP contribution in [-0.4, -0.2) is 51.6 Å². The number of nitrogens with two attached hydrogens (primary N) is 1. The van der Waals surface area contributed by atoms with Gasteiger partial charge in [0.05, 0.1) is 18.0 Å². The van der Waals surface area contributed by atoms with Crippen molar-refractivity contribution in [3.05, 3.63) is 40.8 Å². The van der Waals surface area contributed by atoms with Gasteiger partial charge in [-0.2, -0.15) is 9.78 Å². The van der Waals surface area contributed by atoms with Crippen LogP contribution in [0.5, 0.6) is 5.75 Å². The van der Waals surface area contributed by atoms with Gasteiger partial charge in [-0.1, -0.05) is 31.9 Å². The minimum atomic E-state index is -0.219. The van der Waals surface area contributed by atoms with Crippen molar-refractivity contribution in [3.63, 3.8) is 0 Å². The number of rotatable bonds is 6. The highest BCUT2D eigenvalue weighted by atomic mass is 32.2. The summed E-state index contributed by atoms with van der Waals surface area (Å²) < 4.78 is 10.1. The quantitative estimate of drug-likeness (QED) is 0.558. The minimum Gasteiger partial charge on any atom is -0.483 e. The third-order valence-electron chi connectivity index (χ3n) is 5.56. The van der Waals surface area contributed by atoms with E-state index < -0.39 is 0 Å². The van der Waals surface area contributed by atoms with Gasteiger partial charge in [0.1, 0.15) is 5.69 Å². The first-order valence-electron chi connectivity index (χ1n) is 10.8. The molecule has 0 amide bonds. The molecular formula is C22H31N5O2S. The molecule has 1 aromatic carbocycles. The Morgan fingerprint density at radius 1 is 1.17 bits per heavy atom. The van der Waals surface area contributed by atoms with E-state index in [4.69, 9.17) is 10.5 Å². The Morgan fingerprint density at radius 3 is 2.57 bits per heavy atom. The lowest BCUT2D eigenvalue weighted by Gasteiger charge is -2.36. The van der Waals surface area contributed by atoms with Crippen LogP contribution in [0.1, 0.15) is 39.5 Å². The van der Waals surface area contributed by atoms with Crippen molar-refractivity contribution in [1.82, 2.24) is 14.1 Å². The van der Waals surface area contributed by atoms with Crippen molar-refractivity contribution in [2.24, 2.45) is 0 Å². The van der Waals surface area contributed by atoms with E-state index in [0.29, 0.717) is 22.4 Å². The van der Waals surface area contributed by atoms with Crippen LogP contribution in [0.25, 0.3) is 5.69 Å². The summed E-state index contributed by atoms with van der Waals surface area (Å²) >= 11 is 1.89. The lowest BCUT2D eigenvalue weighted by Crippen LogP contribution is -2.45. The van der Waals surface area contributed by atoms with E-state index in [0.717, 1.165) is 57.5 Å². The molecule has 1 saturated heterocycles. The number of anilines is 2. The molecule has 1 aromatic heterocycles. The molecule has 0 spiro atoms. The summed E-state index contributed by atoms with van der Waals surface area (Å²) in [6, 6.07) is 7.23. The van der Waals surface area contributed by atoms with Crippen LogP contribution in [0.3, 0.4) is 0 Å². The molecule has 2 aliphatic rings. The fourth-order valence-electron chi connectivity index (χ4n) is 4.11. The molecule has 30 heavy (non-hydrogen) atoms. The molecule has 7 nitrogen and oxygen atoms in total. The first-order chi connectivity index (χ1) is 14.5. The fourth-order valence-corrected chi connectivity index (χ4v) is 5.08. The summed E-state index contributed by atoms with van der Waals surface area (Å²) in [4.78, 5) is 15.7. The third-order valence-corrected chi connectivity index (χ3v) is 6.64. The molecule has 8 heteroatoms. The summed E-state index contributed by atoms with van der Waals surface area (Å²) in [5.74, 6) is 0.421. The molecule has 4 rings (SSSR count). The van der Waals surface area contributed by atoms with Gasteiger partial charge in [-0.25, -0.2) is 4.31 Å². The van der Waals surface area contributed by atoms with Crippen molar-refractivity contribution in [1.29, 1.82) is 0 Å². The zero-order valence-electron chi connectivity index (χ0n) is 17.8. The molecule has 1 saturated carbocycles. The smallest absolute Gasteiger partial charge is 0.316 e. The van der Waals surface area contributed by atoms with Gasteiger partial charge in [-0.3, -0.25) is 4.79 Å². The van der Waals surface area contributed by atoms with Gasteiger partial charge in [0, 0.05) is 37.1 Å². The zero-order chi connectivity index (χ0) is 21.1. The second-order valence-electron chi connectivity index (χ2n) is 8.27. The molecule has 2 N–H and O–H groups in total. The van der Waals surface area contributed by atoms with Crippen molar-refractivity contribution >= 4 is 23.3 Å². The molecule has 1 aliphatic carbocycles. The Balaban J connectivity index is 1.64. The Labute approximate surface area is 182 Å². The standard InChI is InChI=1S/C22H31N5O2S/c1-16(2)30-26-12-10-25(11-13-26)20-15-24-27(18-7-5-6-17(23)14-18)22(28)21(20)29-19-8-3-4-9-19/h5-7,14-16,19H,3-4,8-13,23H2,1-2H3. The highest BCUT2D eigenvalue weighted by molar-refractivity contribution is 7.97. The summed E-state index contributed by atoms with van der Waals surface area (Å²) in [5.41, 5.74) is 7.76. The fraction of sp³-hybridized carbons (Fsp3) is 0.545. The summed E-state index contributed by atoms with van der Waals surface area (Å²) in [6.45, 7) is 8.03. The second kappa shape index (κ2) is 9.31. The van der Waals surface area contributed by atoms with Gasteiger partial charge in [-0.15, -0.1) is 0 Å². The minimum absolute atomic E-state index is 0.103. The van der Waals surface area contributed by atoms with Crippen LogP contribution < -0.4 is 20.9 Å². The van der Waals surface area contributed by atoms with E-state index in [1.54, 1.807) is 18.3 Å². The Morgan fingerprint density at radius 2 is 1.90 bits per heavy atom.